The second kappa shape index (κ2) is 4.16. The molecular weight excluding hydrogens is 252 g/mol. The number of fused-ring (bicyclic) bond motifs is 2. The SMILES string of the molecule is CC1(C)CCC2=C3CNCCC3N3CC=CSC1=C23. The van der Waals surface area contributed by atoms with E-state index >= 15 is 0 Å². The van der Waals surface area contributed by atoms with Crippen LogP contribution in [0, 0.1) is 5.41 Å². The maximum absolute atomic E-state index is 3.57. The van der Waals surface area contributed by atoms with Crippen LogP contribution in [0.2, 0.25) is 0 Å². The van der Waals surface area contributed by atoms with Crippen molar-refractivity contribution in [2.75, 3.05) is 19.6 Å². The van der Waals surface area contributed by atoms with Crippen molar-refractivity contribution < 1.29 is 0 Å². The van der Waals surface area contributed by atoms with Crippen LogP contribution in [0.5, 0.6) is 0 Å². The van der Waals surface area contributed by atoms with Crippen molar-refractivity contribution in [3.8, 4) is 0 Å². The Hall–Kier alpha value is -0.670. The van der Waals surface area contributed by atoms with Crippen LogP contribution in [0.1, 0.15) is 33.1 Å². The van der Waals surface area contributed by atoms with Crippen molar-refractivity contribution in [1.29, 1.82) is 0 Å². The predicted molar refractivity (Wildman–Crippen MR) is 81.8 cm³/mol. The molecule has 1 fully saturated rings. The largest absolute Gasteiger partial charge is 0.360 e. The van der Waals surface area contributed by atoms with Gasteiger partial charge in [0, 0.05) is 18.0 Å². The molecule has 1 N–H and O–H groups in total. The Balaban J connectivity index is 1.91. The van der Waals surface area contributed by atoms with Crippen molar-refractivity contribution in [3.05, 3.63) is 33.2 Å². The normalized spacial score (nSPS) is 32.3. The number of rotatable bonds is 0. The lowest BCUT2D eigenvalue weighted by molar-refractivity contribution is 0.290. The van der Waals surface area contributed by atoms with Crippen LogP contribution < -0.4 is 5.32 Å². The van der Waals surface area contributed by atoms with E-state index in [4.69, 9.17) is 0 Å². The lowest BCUT2D eigenvalue weighted by Crippen LogP contribution is -2.40. The van der Waals surface area contributed by atoms with Gasteiger partial charge in [-0.2, -0.15) is 0 Å². The van der Waals surface area contributed by atoms with Gasteiger partial charge in [-0.3, -0.25) is 0 Å². The maximum Gasteiger partial charge on any atom is 0.0537 e. The summed E-state index contributed by atoms with van der Waals surface area (Å²) in [5, 5.41) is 5.89. The molecule has 4 rings (SSSR count). The third-order valence-corrected chi connectivity index (χ3v) is 6.37. The van der Waals surface area contributed by atoms with Crippen LogP contribution in [-0.4, -0.2) is 30.6 Å². The lowest BCUT2D eigenvalue weighted by Gasteiger charge is -2.37. The van der Waals surface area contributed by atoms with Gasteiger partial charge in [0.05, 0.1) is 11.7 Å². The predicted octanol–water partition coefficient (Wildman–Crippen LogP) is 3.25. The van der Waals surface area contributed by atoms with E-state index in [-0.39, 0.29) is 0 Å². The van der Waals surface area contributed by atoms with Crippen molar-refractivity contribution in [2.24, 2.45) is 5.41 Å². The van der Waals surface area contributed by atoms with Gasteiger partial charge in [-0.25, -0.2) is 0 Å². The number of piperidine rings is 1. The highest BCUT2D eigenvalue weighted by molar-refractivity contribution is 8.05. The molecule has 2 nitrogen and oxygen atoms in total. The molecular formula is C16H22N2S. The van der Waals surface area contributed by atoms with Crippen LogP contribution in [0.15, 0.2) is 33.2 Å². The van der Waals surface area contributed by atoms with E-state index in [1.807, 2.05) is 11.8 Å². The Morgan fingerprint density at radius 2 is 2.32 bits per heavy atom. The highest BCUT2D eigenvalue weighted by Gasteiger charge is 2.44. The van der Waals surface area contributed by atoms with Gasteiger partial charge in [0.25, 0.3) is 0 Å². The summed E-state index contributed by atoms with van der Waals surface area (Å²) >= 11 is 1.97. The first-order chi connectivity index (χ1) is 9.18. The number of nitrogens with zero attached hydrogens (tertiary/aromatic N) is 1. The van der Waals surface area contributed by atoms with Crippen molar-refractivity contribution in [1.82, 2.24) is 10.2 Å². The molecule has 1 saturated heterocycles. The van der Waals surface area contributed by atoms with Crippen molar-refractivity contribution in [2.45, 2.75) is 39.2 Å². The number of nitrogens with one attached hydrogen (secondary N) is 1. The van der Waals surface area contributed by atoms with Gasteiger partial charge in [0.15, 0.2) is 0 Å². The molecule has 102 valence electrons. The zero-order valence-electron chi connectivity index (χ0n) is 11.8. The molecule has 19 heavy (non-hydrogen) atoms. The van der Waals surface area contributed by atoms with Gasteiger partial charge in [-0.1, -0.05) is 19.9 Å². The van der Waals surface area contributed by atoms with Crippen LogP contribution >= 0.6 is 11.8 Å². The Bertz CT molecular complexity index is 513. The van der Waals surface area contributed by atoms with E-state index in [1.165, 1.54) is 25.8 Å². The molecule has 0 aromatic carbocycles. The first kappa shape index (κ1) is 12.1. The average Bonchev–Trinajstić information content (AvgIpc) is 2.57. The molecule has 1 atom stereocenters. The molecule has 3 heterocycles. The molecule has 0 aromatic heterocycles. The quantitative estimate of drug-likeness (QED) is 0.730. The number of allylic oxidation sites excluding steroid dienone is 2. The summed E-state index contributed by atoms with van der Waals surface area (Å²) in [6.45, 7) is 8.21. The zero-order chi connectivity index (χ0) is 13.0. The summed E-state index contributed by atoms with van der Waals surface area (Å²) in [6, 6.07) is 0.679. The molecule has 0 bridgehead atoms. The minimum absolute atomic E-state index is 0.345. The van der Waals surface area contributed by atoms with Gasteiger partial charge in [0.2, 0.25) is 0 Å². The molecule has 0 saturated carbocycles. The van der Waals surface area contributed by atoms with E-state index < -0.39 is 0 Å². The fourth-order valence-corrected chi connectivity index (χ4v) is 5.10. The Morgan fingerprint density at radius 1 is 1.42 bits per heavy atom. The lowest BCUT2D eigenvalue weighted by atomic mass is 9.78. The topological polar surface area (TPSA) is 15.3 Å². The molecule has 0 aromatic rings. The second-order valence-corrected chi connectivity index (χ2v) is 7.60. The average molecular weight is 274 g/mol. The van der Waals surface area contributed by atoms with Crippen molar-refractivity contribution in [3.63, 3.8) is 0 Å². The number of hydrogen-bond acceptors (Lipinski definition) is 3. The van der Waals surface area contributed by atoms with Gasteiger partial charge in [-0.05, 0) is 47.8 Å². The van der Waals surface area contributed by atoms with Crippen LogP contribution in [0.4, 0.5) is 0 Å². The molecule has 4 aliphatic rings. The maximum atomic E-state index is 3.57. The molecule has 3 heteroatoms. The molecule has 0 amide bonds. The standard InChI is InChI=1S/C16H22N2S/c1-16(2)6-4-11-12-10-17-7-5-13(12)18-8-3-9-19-15(16)14(11)18/h3,9,13,17H,4-8,10H2,1-2H3. The van der Waals surface area contributed by atoms with E-state index in [1.54, 1.807) is 21.7 Å². The minimum Gasteiger partial charge on any atom is -0.360 e. The third kappa shape index (κ3) is 1.67. The van der Waals surface area contributed by atoms with Crippen LogP contribution in [-0.2, 0) is 0 Å². The van der Waals surface area contributed by atoms with Crippen molar-refractivity contribution >= 4 is 11.8 Å². The summed E-state index contributed by atoms with van der Waals surface area (Å²) in [5.74, 6) is 0. The highest BCUT2D eigenvalue weighted by atomic mass is 32.2. The van der Waals surface area contributed by atoms with E-state index in [9.17, 15) is 0 Å². The molecule has 1 aliphatic carbocycles. The molecule has 1 unspecified atom stereocenters. The zero-order valence-corrected chi connectivity index (χ0v) is 12.6. The molecule has 3 aliphatic heterocycles. The van der Waals surface area contributed by atoms with E-state index in [0.717, 1.165) is 13.1 Å². The van der Waals surface area contributed by atoms with Gasteiger partial charge < -0.3 is 10.2 Å². The van der Waals surface area contributed by atoms with Gasteiger partial charge in [0.1, 0.15) is 0 Å². The number of hydrogen-bond donors (Lipinski definition) is 1. The Labute approximate surface area is 120 Å². The highest BCUT2D eigenvalue weighted by Crippen LogP contribution is 2.54. The summed E-state index contributed by atoms with van der Waals surface area (Å²) in [4.78, 5) is 4.31. The molecule has 0 radical (unpaired) electrons. The minimum atomic E-state index is 0.345. The smallest absolute Gasteiger partial charge is 0.0537 e. The summed E-state index contributed by atoms with van der Waals surface area (Å²) in [5.41, 5.74) is 5.33. The van der Waals surface area contributed by atoms with E-state index in [0.29, 0.717) is 11.5 Å². The fourth-order valence-electron chi connectivity index (χ4n) is 4.01. The number of thioether (sulfide) groups is 1. The van der Waals surface area contributed by atoms with Crippen LogP contribution in [0.3, 0.4) is 0 Å². The summed E-state index contributed by atoms with van der Waals surface area (Å²) < 4.78 is 0. The first-order valence-corrected chi connectivity index (χ1v) is 8.32. The van der Waals surface area contributed by atoms with Gasteiger partial charge >= 0.3 is 0 Å². The Kier molecular flexibility index (Phi) is 2.65. The monoisotopic (exact) mass is 274 g/mol. The van der Waals surface area contributed by atoms with E-state index in [2.05, 4.69) is 35.5 Å². The fraction of sp³-hybridized carbons (Fsp3) is 0.625. The first-order valence-electron chi connectivity index (χ1n) is 7.44. The summed E-state index contributed by atoms with van der Waals surface area (Å²) in [7, 11) is 0. The summed E-state index contributed by atoms with van der Waals surface area (Å²) in [6.07, 6.45) is 6.19. The molecule has 0 spiro atoms. The Morgan fingerprint density at radius 3 is 3.21 bits per heavy atom. The van der Waals surface area contributed by atoms with Gasteiger partial charge in [-0.15, -0.1) is 11.8 Å². The third-order valence-electron chi connectivity index (χ3n) is 5.06. The second-order valence-electron chi connectivity index (χ2n) is 6.69. The van der Waals surface area contributed by atoms with Crippen LogP contribution in [0.25, 0.3) is 0 Å².